The number of hydrogen-bond donors (Lipinski definition) is 2. The maximum absolute atomic E-state index is 15.7. The number of halogens is 1. The number of hydrogen-bond acceptors (Lipinski definition) is 6. The van der Waals surface area contributed by atoms with E-state index in [4.69, 9.17) is 20.4 Å². The topological polar surface area (TPSA) is 120 Å². The minimum atomic E-state index is -0.497. The molecule has 0 radical (unpaired) electrons. The second-order valence-electron chi connectivity index (χ2n) is 12.8. The minimum absolute atomic E-state index is 0.0989. The number of carbonyl (C=O) groups is 2. The summed E-state index contributed by atoms with van der Waals surface area (Å²) in [7, 11) is 3.43. The number of nitrogens with zero attached hydrogens (tertiary/aromatic N) is 5. The molecule has 10 nitrogen and oxygen atoms in total. The van der Waals surface area contributed by atoms with Gasteiger partial charge in [-0.15, -0.1) is 0 Å². The summed E-state index contributed by atoms with van der Waals surface area (Å²) in [6.45, 7) is 3.57. The quantitative estimate of drug-likeness (QED) is 0.361. The number of likely N-dealkylation sites (tertiary alicyclic amines) is 1. The van der Waals surface area contributed by atoms with Crippen LogP contribution >= 0.6 is 0 Å². The first-order chi connectivity index (χ1) is 21.2. The third-order valence-electron chi connectivity index (χ3n) is 9.86. The predicted molar refractivity (Wildman–Crippen MR) is 165 cm³/mol. The summed E-state index contributed by atoms with van der Waals surface area (Å²) in [4.78, 5) is 37.8. The Morgan fingerprint density at radius 2 is 1.95 bits per heavy atom. The molecular formula is C33H40FN7O3. The molecule has 3 aromatic heterocycles. The molecule has 4 aromatic rings. The SMILES string of the molecule is CO[C@@H]1CCN(C(=O)c2cc(F)c3c(c2)nc(-c2cc4ccc5nc4n2CCCCC[C@@H]2C[C@H]2C(=O)N[C@@H]5C)n3C)C[C@@H]1N. The maximum Gasteiger partial charge on any atom is 0.254 e. The summed E-state index contributed by atoms with van der Waals surface area (Å²) < 4.78 is 25.1. The van der Waals surface area contributed by atoms with Crippen molar-refractivity contribution in [3.05, 3.63) is 47.4 Å². The zero-order valence-corrected chi connectivity index (χ0v) is 25.6. The molecule has 44 heavy (non-hydrogen) atoms. The van der Waals surface area contributed by atoms with Gasteiger partial charge in [0.05, 0.1) is 29.1 Å². The Bertz CT molecular complexity index is 1760. The Morgan fingerprint density at radius 1 is 1.11 bits per heavy atom. The van der Waals surface area contributed by atoms with Crippen molar-refractivity contribution >= 4 is 33.9 Å². The third kappa shape index (κ3) is 5.05. The lowest BCUT2D eigenvalue weighted by Crippen LogP contribution is -2.53. The Labute approximate surface area is 255 Å². The second-order valence-corrected chi connectivity index (χ2v) is 12.8. The van der Waals surface area contributed by atoms with Gasteiger partial charge in [-0.05, 0) is 68.9 Å². The van der Waals surface area contributed by atoms with Gasteiger partial charge in [0.25, 0.3) is 5.91 Å². The number of aromatic nitrogens is 4. The van der Waals surface area contributed by atoms with Crippen LogP contribution in [0.25, 0.3) is 33.6 Å². The lowest BCUT2D eigenvalue weighted by molar-refractivity contribution is -0.123. The van der Waals surface area contributed by atoms with Crippen LogP contribution in [0.1, 0.15) is 67.5 Å². The number of ether oxygens (including phenoxy) is 1. The highest BCUT2D eigenvalue weighted by atomic mass is 19.1. The average molecular weight is 602 g/mol. The Hall–Kier alpha value is -3.83. The fourth-order valence-electron chi connectivity index (χ4n) is 7.20. The number of benzene rings is 1. The van der Waals surface area contributed by atoms with Crippen molar-refractivity contribution in [2.24, 2.45) is 24.6 Å². The Balaban J connectivity index is 1.26. The molecule has 1 saturated heterocycles. The molecule has 232 valence electrons. The van der Waals surface area contributed by atoms with Gasteiger partial charge in [-0.3, -0.25) is 9.59 Å². The molecule has 5 heterocycles. The third-order valence-corrected chi connectivity index (χ3v) is 9.86. The van der Waals surface area contributed by atoms with E-state index in [0.717, 1.165) is 61.1 Å². The summed E-state index contributed by atoms with van der Waals surface area (Å²) in [6.07, 6.45) is 5.68. The highest BCUT2D eigenvalue weighted by molar-refractivity contribution is 5.98. The van der Waals surface area contributed by atoms with E-state index in [2.05, 4.69) is 16.0 Å². The maximum atomic E-state index is 15.7. The highest BCUT2D eigenvalue weighted by Gasteiger charge is 2.42. The van der Waals surface area contributed by atoms with Crippen LogP contribution in [0.3, 0.4) is 0 Å². The number of nitrogens with one attached hydrogen (secondary N) is 1. The van der Waals surface area contributed by atoms with Crippen molar-refractivity contribution < 1.29 is 18.7 Å². The summed E-state index contributed by atoms with van der Waals surface area (Å²) >= 11 is 0. The van der Waals surface area contributed by atoms with Crippen molar-refractivity contribution in [3.63, 3.8) is 0 Å². The molecule has 3 N–H and O–H groups in total. The van der Waals surface area contributed by atoms with Crippen LogP contribution in [0.2, 0.25) is 0 Å². The van der Waals surface area contributed by atoms with E-state index in [1.807, 2.05) is 19.1 Å². The number of nitrogens with two attached hydrogens (primary N) is 1. The number of pyridine rings is 1. The number of methoxy groups -OCH3 is 1. The van der Waals surface area contributed by atoms with Crippen LogP contribution in [-0.2, 0) is 23.1 Å². The largest absolute Gasteiger partial charge is 0.380 e. The molecule has 1 aliphatic carbocycles. The van der Waals surface area contributed by atoms with Crippen LogP contribution in [-0.4, -0.2) is 68.2 Å². The van der Waals surface area contributed by atoms with Gasteiger partial charge < -0.3 is 29.8 Å². The smallest absolute Gasteiger partial charge is 0.254 e. The molecule has 2 amide bonds. The molecule has 3 aliphatic rings. The first kappa shape index (κ1) is 28.9. The van der Waals surface area contributed by atoms with Gasteiger partial charge in [0, 0.05) is 56.7 Å². The lowest BCUT2D eigenvalue weighted by Gasteiger charge is -2.35. The van der Waals surface area contributed by atoms with Crippen LogP contribution in [0.4, 0.5) is 4.39 Å². The predicted octanol–water partition coefficient (Wildman–Crippen LogP) is 4.30. The van der Waals surface area contributed by atoms with Gasteiger partial charge in [-0.1, -0.05) is 12.8 Å². The molecular weight excluding hydrogens is 561 g/mol. The van der Waals surface area contributed by atoms with Crippen molar-refractivity contribution in [2.75, 3.05) is 20.2 Å². The molecule has 1 saturated carbocycles. The van der Waals surface area contributed by atoms with E-state index >= 15 is 4.39 Å². The van der Waals surface area contributed by atoms with Crippen LogP contribution in [0, 0.1) is 17.7 Å². The van der Waals surface area contributed by atoms with E-state index < -0.39 is 5.82 Å². The number of imidazole rings is 1. The monoisotopic (exact) mass is 601 g/mol. The number of piperidine rings is 1. The Kier molecular flexibility index (Phi) is 7.40. The molecule has 5 atom stereocenters. The number of carbonyl (C=O) groups excluding carboxylic acids is 2. The highest BCUT2D eigenvalue weighted by Crippen LogP contribution is 2.43. The fourth-order valence-corrected chi connectivity index (χ4v) is 7.20. The zero-order chi connectivity index (χ0) is 30.7. The first-order valence-corrected chi connectivity index (χ1v) is 15.8. The van der Waals surface area contributed by atoms with Crippen molar-refractivity contribution in [3.8, 4) is 11.5 Å². The summed E-state index contributed by atoms with van der Waals surface area (Å²) in [5.41, 5.74) is 9.71. The average Bonchev–Trinajstić information content (AvgIpc) is 3.59. The molecule has 0 unspecified atom stereocenters. The van der Waals surface area contributed by atoms with Gasteiger partial charge in [-0.2, -0.15) is 0 Å². The van der Waals surface area contributed by atoms with Crippen molar-refractivity contribution in [1.29, 1.82) is 0 Å². The molecule has 1 aromatic carbocycles. The van der Waals surface area contributed by atoms with Gasteiger partial charge in [0.15, 0.2) is 5.82 Å². The van der Waals surface area contributed by atoms with Crippen LogP contribution < -0.4 is 11.1 Å². The van der Waals surface area contributed by atoms with Gasteiger partial charge in [-0.25, -0.2) is 14.4 Å². The van der Waals surface area contributed by atoms with E-state index in [1.165, 1.54) is 6.07 Å². The minimum Gasteiger partial charge on any atom is -0.380 e. The van der Waals surface area contributed by atoms with E-state index in [9.17, 15) is 9.59 Å². The standard InChI is InChI=1S/C33H40FN7O3/c1-18-25-9-8-20-16-27(41(30(20)37-25)11-6-4-5-7-19-13-22(19)32(42)36-18)31-38-26-15-21(14-23(34)29(26)39(31)2)33(43)40-12-10-28(44-3)24(35)17-40/h8-9,14-16,18-19,22,24,28H,4-7,10-13,17,35H2,1-3H3,(H,36,42)/t18-,19-,22-,24+,28-/m1/s1. The molecule has 2 aliphatic heterocycles. The fraction of sp³-hybridized carbons (Fsp3) is 0.515. The molecule has 11 heteroatoms. The van der Waals surface area contributed by atoms with E-state index in [-0.39, 0.29) is 41.5 Å². The Morgan fingerprint density at radius 3 is 2.75 bits per heavy atom. The van der Waals surface area contributed by atoms with Crippen molar-refractivity contribution in [1.82, 2.24) is 29.3 Å². The summed E-state index contributed by atoms with van der Waals surface area (Å²) in [5.74, 6) is 0.589. The molecule has 2 fully saturated rings. The van der Waals surface area contributed by atoms with E-state index in [0.29, 0.717) is 42.3 Å². The number of rotatable bonds is 3. The van der Waals surface area contributed by atoms with Crippen molar-refractivity contribution in [2.45, 2.75) is 70.2 Å². The molecule has 2 bridgehead atoms. The molecule has 0 spiro atoms. The number of amides is 2. The van der Waals surface area contributed by atoms with Gasteiger partial charge in [0.1, 0.15) is 17.0 Å². The van der Waals surface area contributed by atoms with Crippen LogP contribution in [0.5, 0.6) is 0 Å². The second kappa shape index (κ2) is 11.3. The van der Waals surface area contributed by atoms with Gasteiger partial charge in [0.2, 0.25) is 5.91 Å². The number of fused-ring (bicyclic) bond motifs is 3. The first-order valence-electron chi connectivity index (χ1n) is 15.8. The normalized spacial score (nSPS) is 26.1. The van der Waals surface area contributed by atoms with Gasteiger partial charge >= 0.3 is 0 Å². The van der Waals surface area contributed by atoms with E-state index in [1.54, 1.807) is 29.7 Å². The lowest BCUT2D eigenvalue weighted by atomic mass is 10.0. The zero-order valence-electron chi connectivity index (χ0n) is 25.6. The number of aryl methyl sites for hydroxylation is 2. The van der Waals surface area contributed by atoms with Crippen LogP contribution in [0.15, 0.2) is 30.3 Å². The summed E-state index contributed by atoms with van der Waals surface area (Å²) in [6, 6.07) is 8.52. The molecule has 7 rings (SSSR count). The summed E-state index contributed by atoms with van der Waals surface area (Å²) in [5, 5.41) is 4.13.